The highest BCUT2D eigenvalue weighted by Crippen LogP contribution is 2.37. The first kappa shape index (κ1) is 14.2. The van der Waals surface area contributed by atoms with E-state index in [1.54, 1.807) is 11.3 Å². The van der Waals surface area contributed by atoms with Crippen LogP contribution in [-0.2, 0) is 11.3 Å². The second-order valence-electron chi connectivity index (χ2n) is 7.01. The molecular formula is C17H26N2OS. The van der Waals surface area contributed by atoms with Crippen molar-refractivity contribution in [1.82, 2.24) is 9.80 Å². The molecule has 0 bridgehead atoms. The first-order chi connectivity index (χ1) is 10.3. The van der Waals surface area contributed by atoms with Crippen molar-refractivity contribution in [3.63, 3.8) is 0 Å². The van der Waals surface area contributed by atoms with Crippen molar-refractivity contribution < 1.29 is 4.74 Å². The summed E-state index contributed by atoms with van der Waals surface area (Å²) in [6.45, 7) is 7.03. The minimum absolute atomic E-state index is 0.154. The Bertz CT molecular complexity index is 457. The normalized spacial score (nSPS) is 35.0. The number of hydrogen-bond donors (Lipinski definition) is 0. The lowest BCUT2D eigenvalue weighted by Crippen LogP contribution is -2.49. The largest absolute Gasteiger partial charge is 0.373 e. The third-order valence-corrected chi connectivity index (χ3v) is 6.24. The summed E-state index contributed by atoms with van der Waals surface area (Å²) in [7, 11) is 0. The van der Waals surface area contributed by atoms with E-state index >= 15 is 0 Å². The van der Waals surface area contributed by atoms with Crippen molar-refractivity contribution in [2.45, 2.75) is 50.3 Å². The molecule has 0 aliphatic carbocycles. The van der Waals surface area contributed by atoms with E-state index in [-0.39, 0.29) is 5.60 Å². The van der Waals surface area contributed by atoms with Crippen molar-refractivity contribution in [3.8, 4) is 0 Å². The van der Waals surface area contributed by atoms with Crippen LogP contribution in [0.3, 0.4) is 0 Å². The highest BCUT2D eigenvalue weighted by Gasteiger charge is 2.44. The summed E-state index contributed by atoms with van der Waals surface area (Å²) in [6.07, 6.45) is 6.52. The summed E-state index contributed by atoms with van der Waals surface area (Å²) in [5.74, 6) is 0. The van der Waals surface area contributed by atoms with Gasteiger partial charge in [0.2, 0.25) is 0 Å². The van der Waals surface area contributed by atoms with Gasteiger partial charge in [-0.25, -0.2) is 0 Å². The van der Waals surface area contributed by atoms with E-state index < -0.39 is 0 Å². The van der Waals surface area contributed by atoms with Crippen molar-refractivity contribution in [3.05, 3.63) is 22.4 Å². The van der Waals surface area contributed by atoms with Gasteiger partial charge < -0.3 is 9.64 Å². The van der Waals surface area contributed by atoms with E-state index in [2.05, 4.69) is 26.6 Å². The van der Waals surface area contributed by atoms with Gasteiger partial charge >= 0.3 is 0 Å². The van der Waals surface area contributed by atoms with Gasteiger partial charge in [0.05, 0.1) is 5.60 Å². The standard InChI is InChI=1S/C17H26N2OS/c1-2-7-19(6-1)16-3-9-20-17(11-16)5-8-18(14-17)12-15-4-10-21-13-15/h4,10,13,16H,1-3,5-9,11-12,14H2/t16-,17-/m1/s1. The van der Waals surface area contributed by atoms with E-state index in [9.17, 15) is 0 Å². The van der Waals surface area contributed by atoms with Gasteiger partial charge in [-0.05, 0) is 67.6 Å². The molecule has 1 aromatic rings. The van der Waals surface area contributed by atoms with Gasteiger partial charge in [-0.1, -0.05) is 0 Å². The summed E-state index contributed by atoms with van der Waals surface area (Å²) in [5.41, 5.74) is 1.62. The second-order valence-corrected chi connectivity index (χ2v) is 7.79. The summed E-state index contributed by atoms with van der Waals surface area (Å²) >= 11 is 1.80. The fraction of sp³-hybridized carbons (Fsp3) is 0.765. The highest BCUT2D eigenvalue weighted by atomic mass is 32.1. The van der Waals surface area contributed by atoms with Crippen LogP contribution in [0.2, 0.25) is 0 Å². The first-order valence-electron chi connectivity index (χ1n) is 8.44. The van der Waals surface area contributed by atoms with Crippen LogP contribution in [0.15, 0.2) is 16.8 Å². The highest BCUT2D eigenvalue weighted by molar-refractivity contribution is 7.07. The molecule has 116 valence electrons. The molecule has 0 aromatic carbocycles. The van der Waals surface area contributed by atoms with Crippen LogP contribution in [0.25, 0.3) is 0 Å². The fourth-order valence-electron chi connectivity index (χ4n) is 4.41. The molecule has 1 aromatic heterocycles. The molecule has 4 rings (SSSR count). The van der Waals surface area contributed by atoms with Crippen molar-refractivity contribution in [1.29, 1.82) is 0 Å². The third-order valence-electron chi connectivity index (χ3n) is 5.51. The zero-order chi connectivity index (χ0) is 14.1. The number of thiophene rings is 1. The number of likely N-dealkylation sites (tertiary alicyclic amines) is 2. The smallest absolute Gasteiger partial charge is 0.0835 e. The molecule has 3 aliphatic rings. The van der Waals surface area contributed by atoms with Gasteiger partial charge in [-0.3, -0.25) is 4.90 Å². The lowest BCUT2D eigenvalue weighted by molar-refractivity contribution is -0.0961. The van der Waals surface area contributed by atoms with Crippen LogP contribution < -0.4 is 0 Å². The Hall–Kier alpha value is -0.420. The van der Waals surface area contributed by atoms with Crippen LogP contribution in [0.4, 0.5) is 0 Å². The Labute approximate surface area is 131 Å². The molecule has 0 radical (unpaired) electrons. The van der Waals surface area contributed by atoms with E-state index in [0.29, 0.717) is 0 Å². The average Bonchev–Trinajstić information content (AvgIpc) is 3.22. The SMILES string of the molecule is c1cc(CN2CC[C@@]3(C[C@H](N4CCCC4)CCO3)C2)cs1. The second kappa shape index (κ2) is 5.99. The lowest BCUT2D eigenvalue weighted by Gasteiger charge is -2.41. The minimum atomic E-state index is 0.154. The van der Waals surface area contributed by atoms with Gasteiger partial charge in [-0.2, -0.15) is 11.3 Å². The van der Waals surface area contributed by atoms with Crippen molar-refractivity contribution >= 4 is 11.3 Å². The van der Waals surface area contributed by atoms with Crippen LogP contribution in [-0.4, -0.2) is 54.2 Å². The molecule has 0 amide bonds. The molecule has 0 N–H and O–H groups in total. The van der Waals surface area contributed by atoms with Crippen LogP contribution in [0.5, 0.6) is 0 Å². The van der Waals surface area contributed by atoms with E-state index in [1.165, 1.54) is 57.3 Å². The Morgan fingerprint density at radius 1 is 1.29 bits per heavy atom. The fourth-order valence-corrected chi connectivity index (χ4v) is 5.07. The zero-order valence-electron chi connectivity index (χ0n) is 12.8. The maximum absolute atomic E-state index is 6.30. The molecule has 0 saturated carbocycles. The Balaban J connectivity index is 1.38. The quantitative estimate of drug-likeness (QED) is 0.854. The van der Waals surface area contributed by atoms with E-state index in [0.717, 1.165) is 25.7 Å². The summed E-state index contributed by atoms with van der Waals surface area (Å²) in [5, 5.41) is 4.46. The summed E-state index contributed by atoms with van der Waals surface area (Å²) in [4.78, 5) is 5.32. The summed E-state index contributed by atoms with van der Waals surface area (Å²) in [6, 6.07) is 3.03. The Kier molecular flexibility index (Phi) is 4.05. The number of rotatable bonds is 3. The Morgan fingerprint density at radius 2 is 2.19 bits per heavy atom. The minimum Gasteiger partial charge on any atom is -0.373 e. The molecule has 3 fully saturated rings. The van der Waals surface area contributed by atoms with E-state index in [4.69, 9.17) is 4.74 Å². The topological polar surface area (TPSA) is 15.7 Å². The Morgan fingerprint density at radius 3 is 3.00 bits per heavy atom. The lowest BCUT2D eigenvalue weighted by atomic mass is 9.89. The molecule has 3 saturated heterocycles. The third kappa shape index (κ3) is 3.04. The van der Waals surface area contributed by atoms with Crippen molar-refractivity contribution in [2.75, 3.05) is 32.8 Å². The van der Waals surface area contributed by atoms with Crippen LogP contribution in [0.1, 0.15) is 37.7 Å². The molecule has 3 aliphatic heterocycles. The molecular weight excluding hydrogens is 280 g/mol. The van der Waals surface area contributed by atoms with Gasteiger partial charge in [0.25, 0.3) is 0 Å². The predicted molar refractivity (Wildman–Crippen MR) is 86.7 cm³/mol. The van der Waals surface area contributed by atoms with Gasteiger partial charge in [0, 0.05) is 32.3 Å². The number of hydrogen-bond acceptors (Lipinski definition) is 4. The van der Waals surface area contributed by atoms with Crippen molar-refractivity contribution in [2.24, 2.45) is 0 Å². The molecule has 0 unspecified atom stereocenters. The summed E-state index contributed by atoms with van der Waals surface area (Å²) < 4.78 is 6.30. The molecule has 2 atom stereocenters. The first-order valence-corrected chi connectivity index (χ1v) is 9.39. The number of ether oxygens (including phenoxy) is 1. The van der Waals surface area contributed by atoms with Crippen LogP contribution >= 0.6 is 11.3 Å². The maximum Gasteiger partial charge on any atom is 0.0835 e. The molecule has 4 heterocycles. The maximum atomic E-state index is 6.30. The zero-order valence-corrected chi connectivity index (χ0v) is 13.6. The van der Waals surface area contributed by atoms with E-state index in [1.807, 2.05) is 0 Å². The molecule has 3 nitrogen and oxygen atoms in total. The predicted octanol–water partition coefficient (Wildman–Crippen LogP) is 2.97. The molecule has 4 heteroatoms. The van der Waals surface area contributed by atoms with Gasteiger partial charge in [-0.15, -0.1) is 0 Å². The molecule has 21 heavy (non-hydrogen) atoms. The number of nitrogens with zero attached hydrogens (tertiary/aromatic N) is 2. The monoisotopic (exact) mass is 306 g/mol. The van der Waals surface area contributed by atoms with Gasteiger partial charge in [0.1, 0.15) is 0 Å². The van der Waals surface area contributed by atoms with Gasteiger partial charge in [0.15, 0.2) is 0 Å². The average molecular weight is 306 g/mol. The van der Waals surface area contributed by atoms with Crippen LogP contribution in [0, 0.1) is 0 Å². The molecule has 1 spiro atoms.